The van der Waals surface area contributed by atoms with Gasteiger partial charge in [0.15, 0.2) is 0 Å². The van der Waals surface area contributed by atoms with Crippen molar-refractivity contribution in [3.05, 3.63) is 61.6 Å². The minimum atomic E-state index is -0.646. The normalized spacial score (nSPS) is 16.7. The maximum Gasteiger partial charge on any atom is 0.288 e. The first kappa shape index (κ1) is 17.8. The number of fused-ring (bicyclic) bond motifs is 1. The first-order valence-corrected chi connectivity index (χ1v) is 8.13. The average molecular weight is 374 g/mol. The molecule has 3 N–H and O–H groups in total. The van der Waals surface area contributed by atoms with Crippen LogP contribution in [0.15, 0.2) is 29.7 Å². The standard InChI is InChI=1S/C17H16ClN5O3/c1-17(2,3)14-13-12(8-4-5-10(18)11(6-8)23(24)25)9(7-19)15(20)26-16(13)22-21-14/h4-6,12H,20H2,1-3H3,(H,21,22)/t12-/m1/s1. The van der Waals surface area contributed by atoms with Crippen molar-refractivity contribution >= 4 is 17.3 Å². The molecule has 3 rings (SSSR count). The van der Waals surface area contributed by atoms with Gasteiger partial charge in [-0.3, -0.25) is 15.2 Å². The van der Waals surface area contributed by atoms with Gasteiger partial charge in [-0.1, -0.05) is 38.4 Å². The molecule has 134 valence electrons. The highest BCUT2D eigenvalue weighted by molar-refractivity contribution is 6.32. The summed E-state index contributed by atoms with van der Waals surface area (Å²) in [4.78, 5) is 10.7. The molecule has 8 nitrogen and oxygen atoms in total. The van der Waals surface area contributed by atoms with Crippen LogP contribution in [0.25, 0.3) is 0 Å². The number of nitriles is 1. The number of nitrogens with one attached hydrogen (secondary N) is 1. The second-order valence-electron chi connectivity index (χ2n) is 6.96. The number of aromatic amines is 1. The van der Waals surface area contributed by atoms with E-state index < -0.39 is 10.8 Å². The molecular formula is C17H16ClN5O3. The fraction of sp³-hybridized carbons (Fsp3) is 0.294. The second-order valence-corrected chi connectivity index (χ2v) is 7.37. The molecule has 0 unspecified atom stereocenters. The number of aromatic nitrogens is 2. The van der Waals surface area contributed by atoms with Crippen LogP contribution in [0.4, 0.5) is 5.69 Å². The summed E-state index contributed by atoms with van der Waals surface area (Å²) >= 11 is 5.93. The van der Waals surface area contributed by atoms with Crippen molar-refractivity contribution in [2.75, 3.05) is 0 Å². The maximum atomic E-state index is 11.3. The van der Waals surface area contributed by atoms with Gasteiger partial charge in [-0.15, -0.1) is 5.10 Å². The molecule has 2 heterocycles. The van der Waals surface area contributed by atoms with Gasteiger partial charge in [-0.2, -0.15) is 5.26 Å². The van der Waals surface area contributed by atoms with Gasteiger partial charge in [0, 0.05) is 17.2 Å². The summed E-state index contributed by atoms with van der Waals surface area (Å²) < 4.78 is 5.50. The molecule has 2 aromatic rings. The zero-order valence-corrected chi connectivity index (χ0v) is 15.1. The van der Waals surface area contributed by atoms with Crippen LogP contribution in [0.2, 0.25) is 5.02 Å². The number of nitrogens with zero attached hydrogens (tertiary/aromatic N) is 3. The number of ether oxygens (including phenoxy) is 1. The van der Waals surface area contributed by atoms with Gasteiger partial charge in [0.2, 0.25) is 11.8 Å². The van der Waals surface area contributed by atoms with Gasteiger partial charge in [0.25, 0.3) is 5.69 Å². The van der Waals surface area contributed by atoms with Crippen LogP contribution in [0.1, 0.15) is 43.5 Å². The van der Waals surface area contributed by atoms with Crippen LogP contribution < -0.4 is 10.5 Å². The third-order valence-corrected chi connectivity index (χ3v) is 4.51. The fourth-order valence-electron chi connectivity index (χ4n) is 3.00. The number of nitrogens with two attached hydrogens (primary N) is 1. The average Bonchev–Trinajstić information content (AvgIpc) is 2.97. The van der Waals surface area contributed by atoms with Gasteiger partial charge in [0.1, 0.15) is 16.7 Å². The molecule has 1 aromatic heterocycles. The van der Waals surface area contributed by atoms with E-state index in [2.05, 4.69) is 16.3 Å². The molecular weight excluding hydrogens is 358 g/mol. The summed E-state index contributed by atoms with van der Waals surface area (Å²) in [6.07, 6.45) is 0. The molecule has 0 radical (unpaired) electrons. The highest BCUT2D eigenvalue weighted by Crippen LogP contribution is 2.46. The Labute approximate surface area is 154 Å². The number of benzene rings is 1. The monoisotopic (exact) mass is 373 g/mol. The number of allylic oxidation sites excluding steroid dienone is 1. The van der Waals surface area contributed by atoms with Crippen LogP contribution in [-0.2, 0) is 5.41 Å². The van der Waals surface area contributed by atoms with E-state index in [4.69, 9.17) is 22.1 Å². The van der Waals surface area contributed by atoms with Gasteiger partial charge >= 0.3 is 0 Å². The lowest BCUT2D eigenvalue weighted by Crippen LogP contribution is -2.24. The number of nitro benzene ring substituents is 1. The maximum absolute atomic E-state index is 11.3. The Bertz CT molecular complexity index is 981. The summed E-state index contributed by atoms with van der Waals surface area (Å²) in [5.41, 5.74) is 7.41. The molecule has 1 atom stereocenters. The van der Waals surface area contributed by atoms with E-state index in [1.54, 1.807) is 6.07 Å². The van der Waals surface area contributed by atoms with E-state index in [1.807, 2.05) is 20.8 Å². The Balaban J connectivity index is 2.30. The van der Waals surface area contributed by atoms with E-state index >= 15 is 0 Å². The van der Waals surface area contributed by atoms with Crippen molar-refractivity contribution < 1.29 is 9.66 Å². The Hall–Kier alpha value is -3.05. The smallest absolute Gasteiger partial charge is 0.288 e. The lowest BCUT2D eigenvalue weighted by molar-refractivity contribution is -0.384. The summed E-state index contributed by atoms with van der Waals surface area (Å²) in [5.74, 6) is -0.462. The molecule has 1 aromatic carbocycles. The topological polar surface area (TPSA) is 131 Å². The van der Waals surface area contributed by atoms with E-state index in [0.717, 1.165) is 5.69 Å². The van der Waals surface area contributed by atoms with E-state index in [9.17, 15) is 15.4 Å². The van der Waals surface area contributed by atoms with Crippen LogP contribution in [-0.4, -0.2) is 15.1 Å². The van der Waals surface area contributed by atoms with Crippen molar-refractivity contribution in [2.45, 2.75) is 32.1 Å². The van der Waals surface area contributed by atoms with Crippen molar-refractivity contribution in [3.63, 3.8) is 0 Å². The van der Waals surface area contributed by atoms with Crippen molar-refractivity contribution in [1.29, 1.82) is 5.26 Å². The molecule has 1 aliphatic heterocycles. The molecule has 1 aliphatic rings. The molecule has 0 spiro atoms. The third kappa shape index (κ3) is 2.76. The van der Waals surface area contributed by atoms with E-state index in [-0.39, 0.29) is 33.5 Å². The van der Waals surface area contributed by atoms with Crippen molar-refractivity contribution in [2.24, 2.45) is 5.73 Å². The molecule has 0 fully saturated rings. The minimum Gasteiger partial charge on any atom is -0.420 e. The SMILES string of the molecule is CC(C)(C)c1[nH]nc2c1[C@H](c1ccc(Cl)c([N+](=O)[O-])c1)C(C#N)=C(N)O2. The van der Waals surface area contributed by atoms with Gasteiger partial charge < -0.3 is 10.5 Å². The lowest BCUT2D eigenvalue weighted by atomic mass is 9.79. The first-order chi connectivity index (χ1) is 12.1. The highest BCUT2D eigenvalue weighted by Gasteiger charge is 2.38. The van der Waals surface area contributed by atoms with Gasteiger partial charge in [0.05, 0.1) is 16.4 Å². The summed E-state index contributed by atoms with van der Waals surface area (Å²) in [7, 11) is 0. The number of hydrogen-bond donors (Lipinski definition) is 2. The van der Waals surface area contributed by atoms with Crippen molar-refractivity contribution in [1.82, 2.24) is 10.2 Å². The first-order valence-electron chi connectivity index (χ1n) is 7.75. The minimum absolute atomic E-state index is 0.0183. The quantitative estimate of drug-likeness (QED) is 0.611. The van der Waals surface area contributed by atoms with Crippen LogP contribution in [0.5, 0.6) is 5.88 Å². The van der Waals surface area contributed by atoms with Gasteiger partial charge in [-0.05, 0) is 11.6 Å². The van der Waals surface area contributed by atoms with Crippen LogP contribution in [0.3, 0.4) is 0 Å². The molecule has 0 aliphatic carbocycles. The fourth-order valence-corrected chi connectivity index (χ4v) is 3.19. The number of H-pyrrole nitrogens is 1. The zero-order valence-electron chi connectivity index (χ0n) is 14.3. The van der Waals surface area contributed by atoms with Crippen molar-refractivity contribution in [3.8, 4) is 11.9 Å². The number of halogens is 1. The van der Waals surface area contributed by atoms with E-state index in [1.165, 1.54) is 12.1 Å². The van der Waals surface area contributed by atoms with E-state index in [0.29, 0.717) is 11.1 Å². The Morgan fingerprint density at radius 1 is 1.46 bits per heavy atom. The Kier molecular flexibility index (Phi) is 4.12. The predicted octanol–water partition coefficient (Wildman–Crippen LogP) is 3.49. The number of hydrogen-bond acceptors (Lipinski definition) is 6. The summed E-state index contributed by atoms with van der Waals surface area (Å²) in [6, 6.07) is 6.49. The molecule has 0 amide bonds. The lowest BCUT2D eigenvalue weighted by Gasteiger charge is -2.27. The number of nitro groups is 1. The molecule has 26 heavy (non-hydrogen) atoms. The number of rotatable bonds is 2. The Morgan fingerprint density at radius 3 is 2.73 bits per heavy atom. The second kappa shape index (κ2) is 6.04. The summed E-state index contributed by atoms with van der Waals surface area (Å²) in [5, 5.41) is 28.0. The largest absolute Gasteiger partial charge is 0.420 e. The predicted molar refractivity (Wildman–Crippen MR) is 94.7 cm³/mol. The van der Waals surface area contributed by atoms with Crippen LogP contribution in [0, 0.1) is 21.4 Å². The third-order valence-electron chi connectivity index (χ3n) is 4.19. The molecule has 0 bridgehead atoms. The molecule has 0 saturated heterocycles. The van der Waals surface area contributed by atoms with Crippen LogP contribution >= 0.6 is 11.6 Å². The van der Waals surface area contributed by atoms with Gasteiger partial charge in [-0.25, -0.2) is 0 Å². The molecule has 0 saturated carbocycles. The molecule has 9 heteroatoms. The Morgan fingerprint density at radius 2 is 2.15 bits per heavy atom. The zero-order chi connectivity index (χ0) is 19.2. The summed E-state index contributed by atoms with van der Waals surface area (Å²) in [6.45, 7) is 5.95. The highest BCUT2D eigenvalue weighted by atomic mass is 35.5.